The fourth-order valence-corrected chi connectivity index (χ4v) is 7.75. The molecule has 1 aromatic heterocycles. The van der Waals surface area contributed by atoms with Crippen molar-refractivity contribution in [1.29, 1.82) is 0 Å². The Morgan fingerprint density at radius 1 is 1.20 bits per heavy atom. The van der Waals surface area contributed by atoms with Crippen LogP contribution in [0.15, 0.2) is 86.2 Å². The number of carbonyl (C=O) groups excluding carboxylic acids is 1. The average molecular weight is 818 g/mol. The topological polar surface area (TPSA) is 122 Å². The van der Waals surface area contributed by atoms with Crippen LogP contribution < -0.4 is 24.4 Å². The number of ether oxygens (including phenoxy) is 3. The van der Waals surface area contributed by atoms with Gasteiger partial charge < -0.3 is 14.2 Å². The maximum absolute atomic E-state index is 14.3. The SMILES string of the molecule is CCOC(=O)C1=C(C)N=c2s/c(=C\c3cc(Br)cc(I)c3OCc3ccc([N+](=O)[O-])cc3)c(=O)n2[C@@H]1c1ccccc1OC(C)C. The number of nitro groups is 1. The summed E-state index contributed by atoms with van der Waals surface area (Å²) < 4.78 is 21.3. The van der Waals surface area contributed by atoms with Crippen LogP contribution in [0.5, 0.6) is 11.5 Å². The average Bonchev–Trinajstić information content (AvgIpc) is 3.30. The van der Waals surface area contributed by atoms with E-state index < -0.39 is 16.9 Å². The summed E-state index contributed by atoms with van der Waals surface area (Å²) in [4.78, 5) is 43.3. The molecule has 10 nitrogen and oxygen atoms in total. The highest BCUT2D eigenvalue weighted by atomic mass is 127. The molecule has 0 N–H and O–H groups in total. The first-order chi connectivity index (χ1) is 22.0. The van der Waals surface area contributed by atoms with E-state index in [9.17, 15) is 19.7 Å². The molecule has 238 valence electrons. The van der Waals surface area contributed by atoms with Crippen molar-refractivity contribution in [2.75, 3.05) is 6.61 Å². The monoisotopic (exact) mass is 817 g/mol. The number of hydrogen-bond acceptors (Lipinski definition) is 9. The highest BCUT2D eigenvalue weighted by Crippen LogP contribution is 2.36. The second-order valence-electron chi connectivity index (χ2n) is 10.5. The number of nitro benzene ring substituents is 1. The van der Waals surface area contributed by atoms with E-state index in [0.29, 0.717) is 37.7 Å². The smallest absolute Gasteiger partial charge is 0.338 e. The van der Waals surface area contributed by atoms with Crippen LogP contribution in [0, 0.1) is 13.7 Å². The summed E-state index contributed by atoms with van der Waals surface area (Å²) in [5.74, 6) is 0.548. The summed E-state index contributed by atoms with van der Waals surface area (Å²) in [5.41, 5.74) is 2.43. The maximum atomic E-state index is 14.3. The molecule has 2 heterocycles. The Kier molecular flexibility index (Phi) is 10.4. The molecule has 0 radical (unpaired) electrons. The molecule has 0 amide bonds. The number of halogens is 2. The van der Waals surface area contributed by atoms with Crippen LogP contribution in [-0.2, 0) is 16.1 Å². The van der Waals surface area contributed by atoms with Crippen molar-refractivity contribution in [3.8, 4) is 11.5 Å². The first-order valence-electron chi connectivity index (χ1n) is 14.3. The number of benzene rings is 3. The number of fused-ring (bicyclic) bond motifs is 1. The van der Waals surface area contributed by atoms with E-state index in [4.69, 9.17) is 14.2 Å². The second kappa shape index (κ2) is 14.3. The van der Waals surface area contributed by atoms with Gasteiger partial charge in [0.2, 0.25) is 0 Å². The van der Waals surface area contributed by atoms with Crippen LogP contribution >= 0.6 is 49.9 Å². The molecular weight excluding hydrogens is 789 g/mol. The van der Waals surface area contributed by atoms with Gasteiger partial charge in [-0.3, -0.25) is 19.5 Å². The summed E-state index contributed by atoms with van der Waals surface area (Å²) in [6, 6.07) is 16.4. The van der Waals surface area contributed by atoms with E-state index in [0.717, 1.165) is 13.6 Å². The Labute approximate surface area is 290 Å². The zero-order valence-corrected chi connectivity index (χ0v) is 29.8. The molecule has 3 aromatic carbocycles. The molecule has 1 atom stereocenters. The molecule has 1 aliphatic heterocycles. The predicted molar refractivity (Wildman–Crippen MR) is 187 cm³/mol. The van der Waals surface area contributed by atoms with E-state index in [-0.39, 0.29) is 36.1 Å². The van der Waals surface area contributed by atoms with Gasteiger partial charge in [-0.15, -0.1) is 0 Å². The van der Waals surface area contributed by atoms with E-state index in [1.165, 1.54) is 28.0 Å². The van der Waals surface area contributed by atoms with Crippen LogP contribution in [0.25, 0.3) is 6.08 Å². The minimum Gasteiger partial charge on any atom is -0.491 e. The second-order valence-corrected chi connectivity index (χ2v) is 13.6. The fraction of sp³-hybridized carbons (Fsp3) is 0.242. The van der Waals surface area contributed by atoms with Crippen molar-refractivity contribution in [2.45, 2.75) is 46.4 Å². The molecule has 0 unspecified atom stereocenters. The summed E-state index contributed by atoms with van der Waals surface area (Å²) in [5, 5.41) is 11.0. The summed E-state index contributed by atoms with van der Waals surface area (Å²) in [7, 11) is 0. The zero-order chi connectivity index (χ0) is 33.1. The van der Waals surface area contributed by atoms with E-state index >= 15 is 0 Å². The zero-order valence-electron chi connectivity index (χ0n) is 25.3. The number of thiazole rings is 1. The molecule has 0 aliphatic carbocycles. The first kappa shape index (κ1) is 33.5. The third kappa shape index (κ3) is 7.10. The molecule has 0 saturated carbocycles. The van der Waals surface area contributed by atoms with Crippen LogP contribution in [0.4, 0.5) is 5.69 Å². The number of rotatable bonds is 10. The van der Waals surface area contributed by atoms with Gasteiger partial charge in [-0.1, -0.05) is 45.5 Å². The molecule has 0 saturated heterocycles. The lowest BCUT2D eigenvalue weighted by Crippen LogP contribution is -2.40. The molecule has 4 aromatic rings. The minimum atomic E-state index is -0.826. The van der Waals surface area contributed by atoms with E-state index in [1.54, 1.807) is 32.1 Å². The van der Waals surface area contributed by atoms with Crippen LogP contribution in [0.2, 0.25) is 0 Å². The number of aromatic nitrogens is 1. The Morgan fingerprint density at radius 3 is 2.59 bits per heavy atom. The molecule has 0 fully saturated rings. The summed E-state index contributed by atoms with van der Waals surface area (Å²) >= 11 is 6.93. The number of non-ortho nitro benzene ring substituents is 1. The van der Waals surface area contributed by atoms with Gasteiger partial charge in [-0.05, 0) is 92.3 Å². The van der Waals surface area contributed by atoms with Crippen molar-refractivity contribution < 1.29 is 23.9 Å². The summed E-state index contributed by atoms with van der Waals surface area (Å²) in [6.07, 6.45) is 1.61. The van der Waals surface area contributed by atoms with Gasteiger partial charge in [0.05, 0.1) is 37.0 Å². The van der Waals surface area contributed by atoms with Gasteiger partial charge in [0, 0.05) is 27.7 Å². The molecule has 0 spiro atoms. The number of carbonyl (C=O) groups is 1. The lowest BCUT2D eigenvalue weighted by Gasteiger charge is -2.26. The lowest BCUT2D eigenvalue weighted by molar-refractivity contribution is -0.384. The van der Waals surface area contributed by atoms with E-state index in [2.05, 4.69) is 43.5 Å². The predicted octanol–water partition coefficient (Wildman–Crippen LogP) is 6.44. The Morgan fingerprint density at radius 2 is 1.91 bits per heavy atom. The maximum Gasteiger partial charge on any atom is 0.338 e. The lowest BCUT2D eigenvalue weighted by atomic mass is 9.95. The molecule has 13 heteroatoms. The molecule has 46 heavy (non-hydrogen) atoms. The third-order valence-corrected chi connectivity index (χ3v) is 9.19. The quantitative estimate of drug-likeness (QED) is 0.0782. The summed E-state index contributed by atoms with van der Waals surface area (Å²) in [6.45, 7) is 7.62. The Balaban J connectivity index is 1.64. The van der Waals surface area contributed by atoms with Crippen molar-refractivity contribution >= 4 is 67.6 Å². The van der Waals surface area contributed by atoms with Crippen molar-refractivity contribution in [3.63, 3.8) is 0 Å². The van der Waals surface area contributed by atoms with Crippen LogP contribution in [0.1, 0.15) is 50.4 Å². The highest BCUT2D eigenvalue weighted by Gasteiger charge is 2.35. The molecular formula is C33H29BrIN3O7S. The standard InChI is InChI=1S/C33H29BrIN3O7S/c1-5-43-32(40)28-19(4)36-33-37(29(28)24-8-6-7-9-26(24)45-18(2)3)31(39)27(46-33)15-21-14-22(34)16-25(35)30(21)44-17-20-10-12-23(13-11-20)38(41)42/h6-16,18,29H,5,17H2,1-4H3/b27-15-/t29-/m1/s1. The van der Waals surface area contributed by atoms with Crippen molar-refractivity contribution in [2.24, 2.45) is 4.99 Å². The number of esters is 1. The first-order valence-corrected chi connectivity index (χ1v) is 17.0. The Hall–Kier alpha value is -3.82. The van der Waals surface area contributed by atoms with Crippen molar-refractivity contribution in [3.05, 3.63) is 126 Å². The minimum absolute atomic E-state index is 0.00363. The number of hydrogen-bond donors (Lipinski definition) is 0. The number of allylic oxidation sites excluding steroid dienone is 1. The highest BCUT2D eigenvalue weighted by molar-refractivity contribution is 14.1. The largest absolute Gasteiger partial charge is 0.491 e. The Bertz CT molecular complexity index is 2040. The number of para-hydroxylation sites is 1. The normalized spacial score (nSPS) is 14.6. The van der Waals surface area contributed by atoms with Gasteiger partial charge in [0.1, 0.15) is 24.1 Å². The van der Waals surface area contributed by atoms with Crippen LogP contribution in [-0.4, -0.2) is 28.2 Å². The van der Waals surface area contributed by atoms with Gasteiger partial charge in [-0.2, -0.15) is 0 Å². The van der Waals surface area contributed by atoms with Gasteiger partial charge >= 0.3 is 5.97 Å². The van der Waals surface area contributed by atoms with Crippen molar-refractivity contribution in [1.82, 2.24) is 4.57 Å². The van der Waals surface area contributed by atoms with Gasteiger partial charge in [0.25, 0.3) is 11.2 Å². The third-order valence-electron chi connectivity index (χ3n) is 6.95. The van der Waals surface area contributed by atoms with Gasteiger partial charge in [-0.25, -0.2) is 9.79 Å². The van der Waals surface area contributed by atoms with Gasteiger partial charge in [0.15, 0.2) is 4.80 Å². The molecule has 1 aliphatic rings. The molecule has 0 bridgehead atoms. The molecule has 5 rings (SSSR count). The number of nitrogens with zero attached hydrogens (tertiary/aromatic N) is 3. The fourth-order valence-electron chi connectivity index (χ4n) is 5.00. The van der Waals surface area contributed by atoms with E-state index in [1.807, 2.05) is 50.2 Å². The van der Waals surface area contributed by atoms with Crippen LogP contribution in [0.3, 0.4) is 0 Å².